The number of benzene rings is 1. The van der Waals surface area contributed by atoms with Crippen molar-refractivity contribution in [3.63, 3.8) is 0 Å². The van der Waals surface area contributed by atoms with E-state index in [4.69, 9.17) is 0 Å². The molecule has 0 aliphatic heterocycles. The molecule has 0 unspecified atom stereocenters. The lowest BCUT2D eigenvalue weighted by molar-refractivity contribution is 0.0861. The van der Waals surface area contributed by atoms with Crippen molar-refractivity contribution in [3.05, 3.63) is 35.9 Å². The third-order valence-electron chi connectivity index (χ3n) is 2.74. The van der Waals surface area contributed by atoms with E-state index >= 15 is 0 Å². The van der Waals surface area contributed by atoms with E-state index in [0.717, 1.165) is 5.56 Å². The highest BCUT2D eigenvalue weighted by Gasteiger charge is 2.23. The maximum atomic E-state index is 11.4. The van der Waals surface area contributed by atoms with Crippen molar-refractivity contribution in [2.75, 3.05) is 14.1 Å². The predicted octanol–water partition coefficient (Wildman–Crippen LogP) is 1.38. The zero-order valence-corrected chi connectivity index (χ0v) is 9.84. The van der Waals surface area contributed by atoms with E-state index in [2.05, 4.69) is 5.32 Å². The van der Waals surface area contributed by atoms with Gasteiger partial charge in [-0.1, -0.05) is 30.3 Å². The molecule has 1 aromatic carbocycles. The molecule has 1 aromatic rings. The number of amides is 2. The lowest BCUT2D eigenvalue weighted by Crippen LogP contribution is -2.43. The van der Waals surface area contributed by atoms with Crippen molar-refractivity contribution >= 4 is 6.03 Å². The highest BCUT2D eigenvalue weighted by atomic mass is 16.3. The lowest BCUT2D eigenvalue weighted by Gasteiger charge is -2.28. The monoisotopic (exact) mass is 222 g/mol. The molecular weight excluding hydrogens is 204 g/mol. The minimum Gasteiger partial charge on any atom is -0.386 e. The van der Waals surface area contributed by atoms with Gasteiger partial charge in [0.25, 0.3) is 0 Å². The second kappa shape index (κ2) is 5.51. The Bertz CT molecular complexity index is 340. The van der Waals surface area contributed by atoms with E-state index in [-0.39, 0.29) is 12.1 Å². The topological polar surface area (TPSA) is 52.6 Å². The summed E-state index contributed by atoms with van der Waals surface area (Å²) in [5.41, 5.74) is 0.811. The van der Waals surface area contributed by atoms with Crippen LogP contribution in [-0.4, -0.2) is 36.2 Å². The van der Waals surface area contributed by atoms with Crippen molar-refractivity contribution in [2.45, 2.75) is 19.1 Å². The maximum absolute atomic E-state index is 11.4. The molecule has 2 N–H and O–H groups in total. The molecule has 0 spiro atoms. The number of carbonyl (C=O) groups is 1. The van der Waals surface area contributed by atoms with Crippen LogP contribution in [0.2, 0.25) is 0 Å². The summed E-state index contributed by atoms with van der Waals surface area (Å²) in [5.74, 6) is 0. The van der Waals surface area contributed by atoms with Crippen LogP contribution in [0, 0.1) is 0 Å². The Balaban J connectivity index is 2.74. The van der Waals surface area contributed by atoms with E-state index in [1.165, 1.54) is 4.90 Å². The number of hydrogen-bond donors (Lipinski definition) is 2. The van der Waals surface area contributed by atoms with Gasteiger partial charge in [0.2, 0.25) is 0 Å². The Hall–Kier alpha value is -1.55. The summed E-state index contributed by atoms with van der Waals surface area (Å²) in [6, 6.07) is 8.84. The van der Waals surface area contributed by atoms with Crippen molar-refractivity contribution in [1.82, 2.24) is 10.2 Å². The van der Waals surface area contributed by atoms with E-state index in [0.29, 0.717) is 0 Å². The van der Waals surface area contributed by atoms with Crippen molar-refractivity contribution in [2.24, 2.45) is 0 Å². The van der Waals surface area contributed by atoms with Crippen LogP contribution < -0.4 is 5.32 Å². The first-order chi connectivity index (χ1) is 7.57. The quantitative estimate of drug-likeness (QED) is 0.811. The molecule has 0 aromatic heterocycles. The fourth-order valence-electron chi connectivity index (χ4n) is 1.50. The van der Waals surface area contributed by atoms with Crippen LogP contribution in [0.25, 0.3) is 0 Å². The summed E-state index contributed by atoms with van der Waals surface area (Å²) < 4.78 is 0. The average Bonchev–Trinajstić information content (AvgIpc) is 2.36. The Kier molecular flexibility index (Phi) is 4.31. The van der Waals surface area contributed by atoms with Gasteiger partial charge < -0.3 is 15.3 Å². The van der Waals surface area contributed by atoms with Crippen LogP contribution in [-0.2, 0) is 0 Å². The van der Waals surface area contributed by atoms with Crippen molar-refractivity contribution in [3.8, 4) is 0 Å². The first-order valence-corrected chi connectivity index (χ1v) is 5.25. The summed E-state index contributed by atoms with van der Waals surface area (Å²) >= 11 is 0. The second-order valence-electron chi connectivity index (χ2n) is 3.76. The van der Waals surface area contributed by atoms with Gasteiger partial charge in [-0.05, 0) is 12.5 Å². The molecule has 0 radical (unpaired) electrons. The molecule has 2 amide bonds. The molecule has 88 valence electrons. The summed E-state index contributed by atoms with van der Waals surface area (Å²) in [7, 11) is 3.23. The molecule has 0 aliphatic carbocycles. The van der Waals surface area contributed by atoms with Gasteiger partial charge in [-0.3, -0.25) is 0 Å². The van der Waals surface area contributed by atoms with E-state index in [1.807, 2.05) is 37.3 Å². The second-order valence-corrected chi connectivity index (χ2v) is 3.76. The largest absolute Gasteiger partial charge is 0.386 e. The number of rotatable bonds is 3. The van der Waals surface area contributed by atoms with E-state index in [9.17, 15) is 9.90 Å². The number of nitrogens with zero attached hydrogens (tertiary/aromatic N) is 1. The maximum Gasteiger partial charge on any atom is 0.317 e. The molecule has 16 heavy (non-hydrogen) atoms. The number of urea groups is 1. The average molecular weight is 222 g/mol. The number of nitrogens with one attached hydrogen (secondary N) is 1. The smallest absolute Gasteiger partial charge is 0.317 e. The number of carbonyl (C=O) groups excluding carboxylic acids is 1. The first kappa shape index (κ1) is 12.5. The molecule has 0 fully saturated rings. The lowest BCUT2D eigenvalue weighted by atomic mass is 10.0. The van der Waals surface area contributed by atoms with Crippen LogP contribution in [0.4, 0.5) is 4.79 Å². The third-order valence-corrected chi connectivity index (χ3v) is 2.74. The van der Waals surface area contributed by atoms with Gasteiger partial charge in [0.05, 0.1) is 12.1 Å². The molecule has 0 saturated carbocycles. The van der Waals surface area contributed by atoms with Crippen molar-refractivity contribution in [1.29, 1.82) is 0 Å². The minimum absolute atomic E-state index is 0.206. The van der Waals surface area contributed by atoms with Crippen LogP contribution >= 0.6 is 0 Å². The number of aliphatic hydroxyl groups is 1. The molecule has 0 heterocycles. The highest BCUT2D eigenvalue weighted by molar-refractivity contribution is 5.73. The molecule has 1 rings (SSSR count). The highest BCUT2D eigenvalue weighted by Crippen LogP contribution is 2.19. The SMILES string of the molecule is CNC(=O)N(C)[C@@H](C)[C@H](O)c1ccccc1. The molecule has 2 atom stereocenters. The van der Waals surface area contributed by atoms with Gasteiger partial charge in [-0.15, -0.1) is 0 Å². The summed E-state index contributed by atoms with van der Waals surface area (Å²) in [4.78, 5) is 12.9. The van der Waals surface area contributed by atoms with Gasteiger partial charge in [0.15, 0.2) is 0 Å². The molecule has 0 saturated heterocycles. The van der Waals surface area contributed by atoms with Gasteiger partial charge in [-0.25, -0.2) is 4.79 Å². The Morgan fingerprint density at radius 3 is 2.44 bits per heavy atom. The fraction of sp³-hybridized carbons (Fsp3) is 0.417. The number of hydrogen-bond acceptors (Lipinski definition) is 2. The van der Waals surface area contributed by atoms with Gasteiger partial charge in [0, 0.05) is 14.1 Å². The Morgan fingerprint density at radius 2 is 1.94 bits per heavy atom. The van der Waals surface area contributed by atoms with E-state index < -0.39 is 6.10 Å². The molecule has 0 aliphatic rings. The first-order valence-electron chi connectivity index (χ1n) is 5.25. The Labute approximate surface area is 95.9 Å². The standard InChI is InChI=1S/C12H18N2O2/c1-9(14(3)12(16)13-2)11(15)10-7-5-4-6-8-10/h4-9,11,15H,1-3H3,(H,13,16)/t9-,11-/m0/s1. The number of aliphatic hydroxyl groups excluding tert-OH is 1. The molecular formula is C12H18N2O2. The van der Waals surface area contributed by atoms with Gasteiger partial charge >= 0.3 is 6.03 Å². The molecule has 0 bridgehead atoms. The fourth-order valence-corrected chi connectivity index (χ4v) is 1.50. The minimum atomic E-state index is -0.677. The molecule has 4 nitrogen and oxygen atoms in total. The van der Waals surface area contributed by atoms with Crippen LogP contribution in [0.5, 0.6) is 0 Å². The van der Waals surface area contributed by atoms with Crippen molar-refractivity contribution < 1.29 is 9.90 Å². The summed E-state index contributed by atoms with van der Waals surface area (Å²) in [6.45, 7) is 1.81. The normalized spacial score (nSPS) is 14.0. The van der Waals surface area contributed by atoms with Crippen LogP contribution in [0.3, 0.4) is 0 Å². The predicted molar refractivity (Wildman–Crippen MR) is 63.1 cm³/mol. The Morgan fingerprint density at radius 1 is 1.38 bits per heavy atom. The summed E-state index contributed by atoms with van der Waals surface area (Å²) in [6.07, 6.45) is -0.677. The van der Waals surface area contributed by atoms with Crippen LogP contribution in [0.15, 0.2) is 30.3 Å². The van der Waals surface area contributed by atoms with Crippen LogP contribution in [0.1, 0.15) is 18.6 Å². The summed E-state index contributed by atoms with van der Waals surface area (Å²) in [5, 5.41) is 12.6. The third kappa shape index (κ3) is 2.73. The zero-order chi connectivity index (χ0) is 12.1. The molecule has 4 heteroatoms. The van der Waals surface area contributed by atoms with Gasteiger partial charge in [-0.2, -0.15) is 0 Å². The zero-order valence-electron chi connectivity index (χ0n) is 9.84. The van der Waals surface area contributed by atoms with Gasteiger partial charge in [0.1, 0.15) is 0 Å². The van der Waals surface area contributed by atoms with E-state index in [1.54, 1.807) is 14.1 Å². The number of likely N-dealkylation sites (N-methyl/N-ethyl adjacent to an activating group) is 1.